The number of rotatable bonds is 5. The number of carbonyl (C=O) groups is 2. The van der Waals surface area contributed by atoms with E-state index in [1.165, 1.54) is 5.56 Å². The van der Waals surface area contributed by atoms with E-state index < -0.39 is 12.1 Å². The van der Waals surface area contributed by atoms with Crippen molar-refractivity contribution in [1.82, 2.24) is 10.3 Å². The lowest BCUT2D eigenvalue weighted by molar-refractivity contribution is -0.130. The summed E-state index contributed by atoms with van der Waals surface area (Å²) in [6, 6.07) is 15.7. The minimum atomic E-state index is -0.891. The maximum absolute atomic E-state index is 13.1. The van der Waals surface area contributed by atoms with Crippen molar-refractivity contribution in [3.8, 4) is 0 Å². The molecule has 0 unspecified atom stereocenters. The van der Waals surface area contributed by atoms with Crippen LogP contribution in [0.3, 0.4) is 0 Å². The van der Waals surface area contributed by atoms with Crippen LogP contribution in [0.25, 0.3) is 10.9 Å². The van der Waals surface area contributed by atoms with E-state index in [0.29, 0.717) is 12.0 Å². The van der Waals surface area contributed by atoms with Crippen molar-refractivity contribution >= 4 is 22.8 Å². The summed E-state index contributed by atoms with van der Waals surface area (Å²) in [5, 5.41) is 3.82. The van der Waals surface area contributed by atoms with E-state index in [2.05, 4.69) is 22.4 Å². The molecule has 1 aromatic heterocycles. The summed E-state index contributed by atoms with van der Waals surface area (Å²) in [6.07, 6.45) is 2.77. The number of fused-ring (bicyclic) bond motifs is 2. The van der Waals surface area contributed by atoms with E-state index in [-0.39, 0.29) is 11.9 Å². The second-order valence-corrected chi connectivity index (χ2v) is 8.13. The van der Waals surface area contributed by atoms with Crippen molar-refractivity contribution in [2.24, 2.45) is 0 Å². The molecule has 0 spiro atoms. The Labute approximate surface area is 182 Å². The van der Waals surface area contributed by atoms with Gasteiger partial charge in [0.2, 0.25) is 0 Å². The maximum atomic E-state index is 13.1. The number of para-hydroxylation sites is 1. The number of hydrogen-bond donors (Lipinski definition) is 1. The Kier molecular flexibility index (Phi) is 6.03. The Morgan fingerprint density at radius 1 is 1.16 bits per heavy atom. The summed E-state index contributed by atoms with van der Waals surface area (Å²) in [7, 11) is 0. The Morgan fingerprint density at radius 2 is 1.90 bits per heavy atom. The van der Waals surface area contributed by atoms with Crippen LogP contribution in [0, 0.1) is 6.92 Å². The average molecular weight is 417 g/mol. The number of hydrogen-bond acceptors (Lipinski definition) is 4. The van der Waals surface area contributed by atoms with Gasteiger partial charge in [0.15, 0.2) is 6.10 Å². The van der Waals surface area contributed by atoms with Crippen LogP contribution >= 0.6 is 0 Å². The summed E-state index contributed by atoms with van der Waals surface area (Å²) in [6.45, 7) is 5.53. The van der Waals surface area contributed by atoms with Crippen LogP contribution in [-0.2, 0) is 22.4 Å². The van der Waals surface area contributed by atoms with E-state index in [0.717, 1.165) is 47.0 Å². The zero-order chi connectivity index (χ0) is 22.0. The van der Waals surface area contributed by atoms with Crippen molar-refractivity contribution in [3.05, 3.63) is 76.5 Å². The third-order valence-electron chi connectivity index (χ3n) is 6.11. The summed E-state index contributed by atoms with van der Waals surface area (Å²) in [5.74, 6) is -0.765. The molecule has 5 heteroatoms. The highest BCUT2D eigenvalue weighted by molar-refractivity contribution is 6.05. The van der Waals surface area contributed by atoms with Crippen molar-refractivity contribution in [2.45, 2.75) is 58.6 Å². The molecule has 0 fully saturated rings. The molecule has 31 heavy (non-hydrogen) atoms. The van der Waals surface area contributed by atoms with Gasteiger partial charge in [-0.25, -0.2) is 4.79 Å². The minimum absolute atomic E-state index is 0.0474. The van der Waals surface area contributed by atoms with Gasteiger partial charge in [-0.1, -0.05) is 49.4 Å². The molecule has 1 N–H and O–H groups in total. The quantitative estimate of drug-likeness (QED) is 0.604. The van der Waals surface area contributed by atoms with E-state index in [9.17, 15) is 9.59 Å². The average Bonchev–Trinajstić information content (AvgIpc) is 2.78. The molecule has 0 bridgehead atoms. The number of aromatic nitrogens is 1. The third kappa shape index (κ3) is 4.18. The zero-order valence-electron chi connectivity index (χ0n) is 18.3. The molecule has 160 valence electrons. The van der Waals surface area contributed by atoms with Gasteiger partial charge in [0.1, 0.15) is 0 Å². The summed E-state index contributed by atoms with van der Waals surface area (Å²) in [5.41, 5.74) is 5.35. The molecule has 0 aliphatic heterocycles. The van der Waals surface area contributed by atoms with Gasteiger partial charge in [-0.3, -0.25) is 9.78 Å². The highest BCUT2D eigenvalue weighted by atomic mass is 16.5. The summed E-state index contributed by atoms with van der Waals surface area (Å²) < 4.78 is 5.64. The van der Waals surface area contributed by atoms with E-state index >= 15 is 0 Å². The van der Waals surface area contributed by atoms with Crippen LogP contribution < -0.4 is 5.32 Å². The van der Waals surface area contributed by atoms with Gasteiger partial charge in [-0.15, -0.1) is 0 Å². The van der Waals surface area contributed by atoms with Crippen molar-refractivity contribution in [3.63, 3.8) is 0 Å². The lowest BCUT2D eigenvalue weighted by atomic mass is 9.87. The number of nitrogens with one attached hydrogen (secondary N) is 1. The lowest BCUT2D eigenvalue weighted by Gasteiger charge is -2.27. The van der Waals surface area contributed by atoms with E-state index in [4.69, 9.17) is 4.74 Å². The molecule has 1 aliphatic rings. The zero-order valence-corrected chi connectivity index (χ0v) is 18.3. The first-order valence-electron chi connectivity index (χ1n) is 11.0. The van der Waals surface area contributed by atoms with E-state index in [1.54, 1.807) is 6.92 Å². The number of benzene rings is 2. The number of nitrogens with zero attached hydrogens (tertiary/aromatic N) is 1. The van der Waals surface area contributed by atoms with Gasteiger partial charge in [0, 0.05) is 11.1 Å². The molecule has 3 aromatic rings. The fourth-order valence-corrected chi connectivity index (χ4v) is 4.43. The highest BCUT2D eigenvalue weighted by Crippen LogP contribution is 2.30. The predicted octanol–water partition coefficient (Wildman–Crippen LogP) is 4.84. The first-order valence-corrected chi connectivity index (χ1v) is 11.0. The van der Waals surface area contributed by atoms with Crippen LogP contribution in [-0.4, -0.2) is 23.0 Å². The predicted molar refractivity (Wildman–Crippen MR) is 121 cm³/mol. The largest absolute Gasteiger partial charge is 0.449 e. The first kappa shape index (κ1) is 21.0. The Morgan fingerprint density at radius 3 is 2.71 bits per heavy atom. The second kappa shape index (κ2) is 8.88. The van der Waals surface area contributed by atoms with Crippen LogP contribution in [0.1, 0.15) is 65.5 Å². The van der Waals surface area contributed by atoms with Crippen LogP contribution in [0.2, 0.25) is 0 Å². The maximum Gasteiger partial charge on any atom is 0.339 e. The summed E-state index contributed by atoms with van der Waals surface area (Å²) in [4.78, 5) is 30.6. The van der Waals surface area contributed by atoms with Gasteiger partial charge >= 0.3 is 5.97 Å². The SMILES string of the molecule is CCc1nc2ccccc2c(C(=O)O[C@H](C)C(=O)N[C@@H]2CCCc3ccccc32)c1C. The standard InChI is InChI=1S/C26H28N2O3/c1-4-21-16(2)24(20-13-7-8-14-23(20)27-21)26(30)31-17(3)25(29)28-22-15-9-11-18-10-5-6-12-19(18)22/h5-8,10,12-14,17,22H,4,9,11,15H2,1-3H3,(H,28,29)/t17-,22-/m1/s1. The highest BCUT2D eigenvalue weighted by Gasteiger charge is 2.27. The molecule has 5 nitrogen and oxygen atoms in total. The molecule has 4 rings (SSSR count). The number of carbonyl (C=O) groups excluding carboxylic acids is 2. The molecule has 1 heterocycles. The smallest absolute Gasteiger partial charge is 0.339 e. The fraction of sp³-hybridized carbons (Fsp3) is 0.346. The Balaban J connectivity index is 1.53. The fourth-order valence-electron chi connectivity index (χ4n) is 4.43. The normalized spacial score (nSPS) is 16.4. The van der Waals surface area contributed by atoms with Gasteiger partial charge in [-0.05, 0) is 62.3 Å². The van der Waals surface area contributed by atoms with Gasteiger partial charge in [-0.2, -0.15) is 0 Å². The first-order chi connectivity index (χ1) is 15.0. The summed E-state index contributed by atoms with van der Waals surface area (Å²) >= 11 is 0. The van der Waals surface area contributed by atoms with Crippen LogP contribution in [0.15, 0.2) is 48.5 Å². The van der Waals surface area contributed by atoms with Crippen molar-refractivity contribution in [2.75, 3.05) is 0 Å². The van der Waals surface area contributed by atoms with Gasteiger partial charge in [0.25, 0.3) is 5.91 Å². The van der Waals surface area contributed by atoms with Gasteiger partial charge in [0.05, 0.1) is 17.1 Å². The monoisotopic (exact) mass is 416 g/mol. The number of ether oxygens (including phenoxy) is 1. The number of aryl methyl sites for hydroxylation is 2. The van der Waals surface area contributed by atoms with Crippen LogP contribution in [0.4, 0.5) is 0 Å². The molecular weight excluding hydrogens is 388 g/mol. The molecule has 2 atom stereocenters. The molecule has 1 aliphatic carbocycles. The lowest BCUT2D eigenvalue weighted by Crippen LogP contribution is -2.39. The molecule has 2 aromatic carbocycles. The van der Waals surface area contributed by atoms with Crippen molar-refractivity contribution < 1.29 is 14.3 Å². The van der Waals surface area contributed by atoms with Gasteiger partial charge < -0.3 is 10.1 Å². The topological polar surface area (TPSA) is 68.3 Å². The molecule has 0 radical (unpaired) electrons. The number of esters is 1. The molecular formula is C26H28N2O3. The number of pyridine rings is 1. The molecule has 0 saturated heterocycles. The van der Waals surface area contributed by atoms with Crippen molar-refractivity contribution in [1.29, 1.82) is 0 Å². The van der Waals surface area contributed by atoms with Crippen LogP contribution in [0.5, 0.6) is 0 Å². The molecule has 0 saturated carbocycles. The minimum Gasteiger partial charge on any atom is -0.449 e. The Hall–Kier alpha value is -3.21. The second-order valence-electron chi connectivity index (χ2n) is 8.13. The number of amides is 1. The Bertz CT molecular complexity index is 1140. The molecule has 1 amide bonds. The third-order valence-corrected chi connectivity index (χ3v) is 6.11. The van der Waals surface area contributed by atoms with E-state index in [1.807, 2.05) is 50.2 Å².